The Morgan fingerprint density at radius 2 is 2.31 bits per heavy atom. The van der Waals surface area contributed by atoms with Crippen LogP contribution in [0.1, 0.15) is 13.3 Å². The smallest absolute Gasteiger partial charge is 0.299 e. The van der Waals surface area contributed by atoms with Crippen LogP contribution in [0.2, 0.25) is 0 Å². The molecule has 4 nitrogen and oxygen atoms in total. The van der Waals surface area contributed by atoms with Crippen molar-refractivity contribution in [2.45, 2.75) is 13.3 Å². The van der Waals surface area contributed by atoms with E-state index in [0.717, 1.165) is 6.42 Å². The molecule has 0 radical (unpaired) electrons. The van der Waals surface area contributed by atoms with Crippen molar-refractivity contribution >= 4 is 19.9 Å². The second-order valence-corrected chi connectivity index (χ2v) is 5.62. The van der Waals surface area contributed by atoms with Gasteiger partial charge in [0.15, 0.2) is 0 Å². The summed E-state index contributed by atoms with van der Waals surface area (Å²) in [6.45, 7) is 4.23. The van der Waals surface area contributed by atoms with Crippen LogP contribution in [0.3, 0.4) is 0 Å². The molecule has 6 heteroatoms. The lowest BCUT2D eigenvalue weighted by molar-refractivity contribution is 0.115. The first-order valence-electron chi connectivity index (χ1n) is 4.31. The minimum atomic E-state index is -3.51. The van der Waals surface area contributed by atoms with Gasteiger partial charge in [-0.2, -0.15) is 12.7 Å². The van der Waals surface area contributed by atoms with Gasteiger partial charge in [0.25, 0.3) is 9.24 Å². The maximum atomic E-state index is 10.9. The van der Waals surface area contributed by atoms with Gasteiger partial charge < -0.3 is 4.74 Å². The lowest BCUT2D eigenvalue weighted by Gasteiger charge is -2.11. The van der Waals surface area contributed by atoms with E-state index in [2.05, 4.69) is 0 Å². The molecule has 0 spiro atoms. The molecule has 0 saturated carbocycles. The van der Waals surface area contributed by atoms with Crippen molar-refractivity contribution in [3.8, 4) is 0 Å². The van der Waals surface area contributed by atoms with Gasteiger partial charge in [-0.05, 0) is 19.3 Å². The zero-order valence-corrected chi connectivity index (χ0v) is 9.14. The number of hydrogen-bond donors (Lipinski definition) is 0. The maximum absolute atomic E-state index is 10.9. The first-order valence-corrected chi connectivity index (χ1v) is 6.58. The highest BCUT2D eigenvalue weighted by molar-refractivity contribution is 8.11. The molecule has 1 aliphatic heterocycles. The molecule has 0 aromatic heterocycles. The lowest BCUT2D eigenvalue weighted by Crippen LogP contribution is -2.25. The summed E-state index contributed by atoms with van der Waals surface area (Å²) in [5.74, 6) is 0.300. The third kappa shape index (κ3) is 3.42. The van der Waals surface area contributed by atoms with Crippen molar-refractivity contribution in [2.75, 3.05) is 26.3 Å². The molecule has 78 valence electrons. The standard InChI is InChI=1S/C7H14ClNO3S/c1-2-12-6-7-3-4-9(5-7)13(8,10)11/h7H,2-6H2,1H3. The Bertz CT molecular complexity index is 254. The lowest BCUT2D eigenvalue weighted by atomic mass is 10.1. The number of rotatable bonds is 4. The normalized spacial score (nSPS) is 25.2. The Balaban J connectivity index is 2.37. The van der Waals surface area contributed by atoms with Crippen LogP contribution < -0.4 is 0 Å². The molecule has 0 aromatic carbocycles. The first-order chi connectivity index (χ1) is 6.04. The summed E-state index contributed by atoms with van der Waals surface area (Å²) in [5.41, 5.74) is 0. The van der Waals surface area contributed by atoms with Gasteiger partial charge in [0, 0.05) is 30.4 Å². The predicted octanol–water partition coefficient (Wildman–Crippen LogP) is 0.828. The van der Waals surface area contributed by atoms with Crippen LogP contribution in [0.4, 0.5) is 0 Å². The minimum absolute atomic E-state index is 0.300. The summed E-state index contributed by atoms with van der Waals surface area (Å²) in [6, 6.07) is 0. The second-order valence-electron chi connectivity index (χ2n) is 3.11. The Labute approximate surface area is 83.4 Å². The number of nitrogens with zero attached hydrogens (tertiary/aromatic N) is 1. The molecule has 1 atom stereocenters. The summed E-state index contributed by atoms with van der Waals surface area (Å²) >= 11 is 0. The van der Waals surface area contributed by atoms with Crippen LogP contribution in [0, 0.1) is 5.92 Å². The van der Waals surface area contributed by atoms with Gasteiger partial charge in [0.05, 0.1) is 6.61 Å². The van der Waals surface area contributed by atoms with Gasteiger partial charge in [-0.25, -0.2) is 0 Å². The molecule has 1 rings (SSSR count). The monoisotopic (exact) mass is 227 g/mol. The first kappa shape index (κ1) is 11.2. The molecule has 0 aliphatic carbocycles. The van der Waals surface area contributed by atoms with Gasteiger partial charge in [-0.15, -0.1) is 0 Å². The fourth-order valence-electron chi connectivity index (χ4n) is 1.42. The van der Waals surface area contributed by atoms with E-state index in [1.165, 1.54) is 4.31 Å². The van der Waals surface area contributed by atoms with E-state index in [4.69, 9.17) is 15.4 Å². The zero-order valence-electron chi connectivity index (χ0n) is 7.57. The average Bonchev–Trinajstić information content (AvgIpc) is 2.47. The predicted molar refractivity (Wildman–Crippen MR) is 50.9 cm³/mol. The SMILES string of the molecule is CCOCC1CCN(S(=O)(=O)Cl)C1. The molecule has 0 aromatic rings. The van der Waals surface area contributed by atoms with Crippen LogP contribution in [-0.4, -0.2) is 39.0 Å². The van der Waals surface area contributed by atoms with E-state index in [1.807, 2.05) is 6.92 Å². The van der Waals surface area contributed by atoms with Crippen LogP contribution in [0.5, 0.6) is 0 Å². The third-order valence-corrected chi connectivity index (χ3v) is 3.65. The molecular weight excluding hydrogens is 214 g/mol. The van der Waals surface area contributed by atoms with Crippen molar-refractivity contribution in [2.24, 2.45) is 5.92 Å². The quantitative estimate of drug-likeness (QED) is 0.669. The Morgan fingerprint density at radius 1 is 1.62 bits per heavy atom. The fraction of sp³-hybridized carbons (Fsp3) is 1.00. The van der Waals surface area contributed by atoms with Crippen molar-refractivity contribution < 1.29 is 13.2 Å². The van der Waals surface area contributed by atoms with Gasteiger partial charge in [-0.1, -0.05) is 0 Å². The minimum Gasteiger partial charge on any atom is -0.381 e. The van der Waals surface area contributed by atoms with Gasteiger partial charge in [0.2, 0.25) is 0 Å². The number of halogens is 1. The zero-order chi connectivity index (χ0) is 9.90. The molecule has 1 aliphatic rings. The van der Waals surface area contributed by atoms with Crippen LogP contribution in [0.15, 0.2) is 0 Å². The number of hydrogen-bond acceptors (Lipinski definition) is 3. The van der Waals surface area contributed by atoms with Gasteiger partial charge in [0.1, 0.15) is 0 Å². The van der Waals surface area contributed by atoms with Crippen molar-refractivity contribution in [1.82, 2.24) is 4.31 Å². The third-order valence-electron chi connectivity index (χ3n) is 2.11. The van der Waals surface area contributed by atoms with E-state index in [1.54, 1.807) is 0 Å². The van der Waals surface area contributed by atoms with E-state index in [9.17, 15) is 8.42 Å². The van der Waals surface area contributed by atoms with Crippen LogP contribution >= 0.6 is 10.7 Å². The summed E-state index contributed by atoms with van der Waals surface area (Å²) in [5, 5.41) is 0. The fourth-order valence-corrected chi connectivity index (χ4v) is 2.50. The van der Waals surface area contributed by atoms with Gasteiger partial charge >= 0.3 is 0 Å². The molecule has 1 saturated heterocycles. The summed E-state index contributed by atoms with van der Waals surface area (Å²) in [4.78, 5) is 0. The topological polar surface area (TPSA) is 46.6 Å². The van der Waals surface area contributed by atoms with Crippen LogP contribution in [-0.2, 0) is 14.0 Å². The maximum Gasteiger partial charge on any atom is 0.299 e. The van der Waals surface area contributed by atoms with E-state index in [-0.39, 0.29) is 0 Å². The number of ether oxygens (including phenoxy) is 1. The van der Waals surface area contributed by atoms with Crippen molar-refractivity contribution in [3.05, 3.63) is 0 Å². The largest absolute Gasteiger partial charge is 0.381 e. The summed E-state index contributed by atoms with van der Waals surface area (Å²) in [6.07, 6.45) is 0.839. The molecular formula is C7H14ClNO3S. The van der Waals surface area contributed by atoms with Crippen LogP contribution in [0.25, 0.3) is 0 Å². The molecule has 0 bridgehead atoms. The summed E-state index contributed by atoms with van der Waals surface area (Å²) < 4.78 is 28.3. The van der Waals surface area contributed by atoms with E-state index in [0.29, 0.717) is 32.2 Å². The molecule has 13 heavy (non-hydrogen) atoms. The molecule has 0 N–H and O–H groups in total. The van der Waals surface area contributed by atoms with E-state index >= 15 is 0 Å². The highest BCUT2D eigenvalue weighted by Crippen LogP contribution is 2.21. The molecule has 0 amide bonds. The second kappa shape index (κ2) is 4.59. The molecule has 1 unspecified atom stereocenters. The molecule has 1 fully saturated rings. The Morgan fingerprint density at radius 3 is 2.77 bits per heavy atom. The Hall–Kier alpha value is 0.160. The summed E-state index contributed by atoms with van der Waals surface area (Å²) in [7, 11) is 1.69. The van der Waals surface area contributed by atoms with Crippen molar-refractivity contribution in [1.29, 1.82) is 0 Å². The Kier molecular flexibility index (Phi) is 3.97. The van der Waals surface area contributed by atoms with Gasteiger partial charge in [-0.3, -0.25) is 0 Å². The van der Waals surface area contributed by atoms with E-state index < -0.39 is 9.24 Å². The average molecular weight is 228 g/mol. The molecule has 1 heterocycles. The highest BCUT2D eigenvalue weighted by atomic mass is 35.7. The van der Waals surface area contributed by atoms with Crippen molar-refractivity contribution in [3.63, 3.8) is 0 Å². The highest BCUT2D eigenvalue weighted by Gasteiger charge is 2.29.